The third kappa shape index (κ3) is 4.19. The van der Waals surface area contributed by atoms with Crippen LogP contribution in [0.4, 0.5) is 0 Å². The van der Waals surface area contributed by atoms with Gasteiger partial charge in [-0.1, -0.05) is 0 Å². The Morgan fingerprint density at radius 3 is 3.00 bits per heavy atom. The Labute approximate surface area is 83.5 Å². The van der Waals surface area contributed by atoms with Gasteiger partial charge in [-0.15, -0.1) is 0 Å². The minimum atomic E-state index is -0.128. The van der Waals surface area contributed by atoms with Crippen LogP contribution in [0.25, 0.3) is 0 Å². The van der Waals surface area contributed by atoms with Crippen LogP contribution in [0, 0.1) is 0 Å². The number of hydrogen-bond donors (Lipinski definition) is 3. The van der Waals surface area contributed by atoms with Crippen LogP contribution < -0.4 is 16.0 Å². The lowest BCUT2D eigenvalue weighted by molar-refractivity contribution is -0.117. The van der Waals surface area contributed by atoms with Crippen LogP contribution in [0.1, 0.15) is 19.8 Å². The quantitative estimate of drug-likeness (QED) is 0.539. The fraction of sp³-hybridized carbons (Fsp3) is 0.750. The summed E-state index contributed by atoms with van der Waals surface area (Å²) in [6.45, 7) is 3.32. The zero-order valence-electron chi connectivity index (χ0n) is 7.72. The molecule has 0 aromatic carbocycles. The van der Waals surface area contributed by atoms with E-state index in [0.717, 1.165) is 13.1 Å². The standard InChI is InChI=1S/C8H15N3OS/c1-6(12)11-8(13)10-5-7-3-2-4-9-7/h7,9H,2-5H2,1H3,(H2,10,11,12,13). The number of amides is 1. The maximum absolute atomic E-state index is 10.6. The van der Waals surface area contributed by atoms with Crippen LogP contribution in [0.3, 0.4) is 0 Å². The summed E-state index contributed by atoms with van der Waals surface area (Å²) in [4.78, 5) is 10.6. The van der Waals surface area contributed by atoms with Crippen molar-refractivity contribution in [1.29, 1.82) is 0 Å². The normalized spacial score (nSPS) is 21.2. The van der Waals surface area contributed by atoms with Gasteiger partial charge in [0.25, 0.3) is 0 Å². The predicted molar refractivity (Wildman–Crippen MR) is 55.4 cm³/mol. The first-order chi connectivity index (χ1) is 6.18. The summed E-state index contributed by atoms with van der Waals surface area (Å²) < 4.78 is 0. The van der Waals surface area contributed by atoms with Gasteiger partial charge in [-0.05, 0) is 31.6 Å². The molecule has 3 N–H and O–H groups in total. The van der Waals surface area contributed by atoms with Crippen molar-refractivity contribution >= 4 is 23.2 Å². The fourth-order valence-electron chi connectivity index (χ4n) is 1.35. The van der Waals surface area contributed by atoms with Crippen LogP contribution in [0.15, 0.2) is 0 Å². The molecule has 74 valence electrons. The Kier molecular flexibility index (Phi) is 4.11. The highest BCUT2D eigenvalue weighted by Crippen LogP contribution is 2.02. The highest BCUT2D eigenvalue weighted by atomic mass is 32.1. The molecule has 5 heteroatoms. The maximum Gasteiger partial charge on any atom is 0.222 e. The van der Waals surface area contributed by atoms with E-state index in [1.807, 2.05) is 0 Å². The topological polar surface area (TPSA) is 53.2 Å². The van der Waals surface area contributed by atoms with Crippen LogP contribution in [0.5, 0.6) is 0 Å². The molecule has 1 unspecified atom stereocenters. The number of nitrogens with one attached hydrogen (secondary N) is 3. The predicted octanol–water partition coefficient (Wildman–Crippen LogP) is -0.251. The molecule has 1 heterocycles. The summed E-state index contributed by atoms with van der Waals surface area (Å²) >= 11 is 4.89. The number of rotatable bonds is 2. The van der Waals surface area contributed by atoms with Crippen LogP contribution in [0.2, 0.25) is 0 Å². The molecule has 1 rings (SSSR count). The van der Waals surface area contributed by atoms with Crippen molar-refractivity contribution in [3.8, 4) is 0 Å². The molecule has 0 radical (unpaired) electrons. The van der Waals surface area contributed by atoms with E-state index in [4.69, 9.17) is 12.2 Å². The molecule has 0 aromatic rings. The summed E-state index contributed by atoms with van der Waals surface area (Å²) in [7, 11) is 0. The third-order valence-corrected chi connectivity index (χ3v) is 2.21. The molecule has 0 aliphatic carbocycles. The van der Waals surface area contributed by atoms with E-state index in [1.165, 1.54) is 19.8 Å². The molecule has 4 nitrogen and oxygen atoms in total. The number of thiocarbonyl (C=S) groups is 1. The van der Waals surface area contributed by atoms with Crippen molar-refractivity contribution in [3.05, 3.63) is 0 Å². The zero-order chi connectivity index (χ0) is 9.68. The van der Waals surface area contributed by atoms with Gasteiger partial charge in [0, 0.05) is 19.5 Å². The van der Waals surface area contributed by atoms with E-state index in [1.54, 1.807) is 0 Å². The van der Waals surface area contributed by atoms with Crippen LogP contribution in [-0.4, -0.2) is 30.2 Å². The Bertz CT molecular complexity index is 202. The third-order valence-electron chi connectivity index (χ3n) is 1.96. The first-order valence-electron chi connectivity index (χ1n) is 4.47. The van der Waals surface area contributed by atoms with Gasteiger partial charge in [-0.3, -0.25) is 4.79 Å². The van der Waals surface area contributed by atoms with Crippen molar-refractivity contribution in [1.82, 2.24) is 16.0 Å². The molecular weight excluding hydrogens is 186 g/mol. The average Bonchev–Trinajstić information content (AvgIpc) is 2.51. The summed E-state index contributed by atoms with van der Waals surface area (Å²) in [5, 5.41) is 9.26. The van der Waals surface area contributed by atoms with Crippen molar-refractivity contribution in [2.45, 2.75) is 25.8 Å². The lowest BCUT2D eigenvalue weighted by atomic mass is 10.2. The lowest BCUT2D eigenvalue weighted by Gasteiger charge is -2.12. The van der Waals surface area contributed by atoms with E-state index in [0.29, 0.717) is 11.2 Å². The Balaban J connectivity index is 2.10. The summed E-state index contributed by atoms with van der Waals surface area (Å²) in [5.74, 6) is -0.128. The summed E-state index contributed by atoms with van der Waals surface area (Å²) in [6, 6.07) is 0.492. The second kappa shape index (κ2) is 5.14. The molecule has 0 bridgehead atoms. The molecule has 1 aliphatic heterocycles. The molecule has 1 amide bonds. The van der Waals surface area contributed by atoms with Crippen molar-refractivity contribution in [3.63, 3.8) is 0 Å². The Morgan fingerprint density at radius 2 is 2.46 bits per heavy atom. The summed E-state index contributed by atoms with van der Waals surface area (Å²) in [5.41, 5.74) is 0. The van der Waals surface area contributed by atoms with Gasteiger partial charge in [-0.25, -0.2) is 0 Å². The van der Waals surface area contributed by atoms with Crippen molar-refractivity contribution < 1.29 is 4.79 Å². The molecule has 1 aliphatic rings. The molecule has 1 atom stereocenters. The minimum Gasteiger partial charge on any atom is -0.361 e. The highest BCUT2D eigenvalue weighted by Gasteiger charge is 2.13. The molecule has 0 saturated carbocycles. The zero-order valence-corrected chi connectivity index (χ0v) is 8.54. The van der Waals surface area contributed by atoms with Gasteiger partial charge in [-0.2, -0.15) is 0 Å². The van der Waals surface area contributed by atoms with Crippen LogP contribution >= 0.6 is 12.2 Å². The Morgan fingerprint density at radius 1 is 1.69 bits per heavy atom. The lowest BCUT2D eigenvalue weighted by Crippen LogP contribution is -2.43. The van der Waals surface area contributed by atoms with Crippen molar-refractivity contribution in [2.75, 3.05) is 13.1 Å². The average molecular weight is 201 g/mol. The van der Waals surface area contributed by atoms with Crippen molar-refractivity contribution in [2.24, 2.45) is 0 Å². The fourth-order valence-corrected chi connectivity index (χ4v) is 1.58. The smallest absolute Gasteiger partial charge is 0.222 e. The largest absolute Gasteiger partial charge is 0.361 e. The number of carbonyl (C=O) groups is 1. The molecule has 13 heavy (non-hydrogen) atoms. The van der Waals surface area contributed by atoms with Gasteiger partial charge >= 0.3 is 0 Å². The van der Waals surface area contributed by atoms with E-state index < -0.39 is 0 Å². The monoisotopic (exact) mass is 201 g/mol. The van der Waals surface area contributed by atoms with Gasteiger partial charge in [0.1, 0.15) is 0 Å². The first-order valence-corrected chi connectivity index (χ1v) is 4.88. The van der Waals surface area contributed by atoms with Gasteiger partial charge in [0.15, 0.2) is 5.11 Å². The van der Waals surface area contributed by atoms with Gasteiger partial charge < -0.3 is 16.0 Å². The van der Waals surface area contributed by atoms with E-state index in [9.17, 15) is 4.79 Å². The SMILES string of the molecule is CC(=O)NC(=S)NCC1CCCN1. The number of hydrogen-bond acceptors (Lipinski definition) is 3. The molecule has 0 aromatic heterocycles. The van der Waals surface area contributed by atoms with E-state index in [-0.39, 0.29) is 5.91 Å². The molecule has 1 saturated heterocycles. The Hall–Kier alpha value is -0.680. The van der Waals surface area contributed by atoms with Gasteiger partial charge in [0.05, 0.1) is 0 Å². The van der Waals surface area contributed by atoms with E-state index in [2.05, 4.69) is 16.0 Å². The number of carbonyl (C=O) groups excluding carboxylic acids is 1. The molecule has 0 spiro atoms. The second-order valence-corrected chi connectivity index (χ2v) is 3.59. The first kappa shape index (κ1) is 10.4. The highest BCUT2D eigenvalue weighted by molar-refractivity contribution is 7.80. The van der Waals surface area contributed by atoms with E-state index >= 15 is 0 Å². The minimum absolute atomic E-state index is 0.128. The maximum atomic E-state index is 10.6. The molecule has 1 fully saturated rings. The van der Waals surface area contributed by atoms with Gasteiger partial charge in [0.2, 0.25) is 5.91 Å². The van der Waals surface area contributed by atoms with Crippen LogP contribution in [-0.2, 0) is 4.79 Å². The molecular formula is C8H15N3OS. The summed E-state index contributed by atoms with van der Waals surface area (Å²) in [6.07, 6.45) is 2.40. The second-order valence-electron chi connectivity index (χ2n) is 3.18.